The van der Waals surface area contributed by atoms with Gasteiger partial charge in [0.15, 0.2) is 0 Å². The number of halogens is 1. The zero-order valence-corrected chi connectivity index (χ0v) is 17.5. The van der Waals surface area contributed by atoms with E-state index in [0.29, 0.717) is 41.7 Å². The average Bonchev–Trinajstić information content (AvgIpc) is 3.46. The van der Waals surface area contributed by atoms with Gasteiger partial charge in [-0.25, -0.2) is 0 Å². The van der Waals surface area contributed by atoms with Crippen LogP contribution in [0.4, 0.5) is 5.69 Å². The van der Waals surface area contributed by atoms with Crippen molar-refractivity contribution in [3.8, 4) is 39.9 Å². The zero-order chi connectivity index (χ0) is 21.2. The van der Waals surface area contributed by atoms with Crippen LogP contribution in [0.1, 0.15) is 0 Å². The van der Waals surface area contributed by atoms with Crippen molar-refractivity contribution in [1.29, 1.82) is 0 Å². The van der Waals surface area contributed by atoms with Crippen molar-refractivity contribution in [3.63, 3.8) is 0 Å². The largest absolute Gasteiger partial charge is 0.496 e. The number of hydrogen-bond donors (Lipinski definition) is 0. The molecule has 4 aromatic rings. The second-order valence-electron chi connectivity index (χ2n) is 6.94. The predicted molar refractivity (Wildman–Crippen MR) is 115 cm³/mol. The monoisotopic (exact) mass is 438 g/mol. The fourth-order valence-electron chi connectivity index (χ4n) is 3.56. The van der Waals surface area contributed by atoms with Crippen LogP contribution in [0, 0.1) is 0 Å². The number of ether oxygens (including phenoxy) is 2. The van der Waals surface area contributed by atoms with Gasteiger partial charge in [-0.3, -0.25) is 0 Å². The lowest BCUT2D eigenvalue weighted by Crippen LogP contribution is -2.36. The first-order valence-electron chi connectivity index (χ1n) is 9.80. The second-order valence-corrected chi connectivity index (χ2v) is 7.29. The van der Waals surface area contributed by atoms with E-state index in [4.69, 9.17) is 30.0 Å². The zero-order valence-electron chi connectivity index (χ0n) is 16.7. The molecule has 0 spiro atoms. The Bertz CT molecular complexity index is 1190. The molecule has 0 unspecified atom stereocenters. The SMILES string of the molecule is COc1cc(N2CCOCC2)ccc1-c1nnc(-c2c(-c3ccccc3)noc2Cl)o1. The molecule has 5 rings (SSSR count). The molecule has 1 saturated heterocycles. The smallest absolute Gasteiger partial charge is 0.255 e. The average molecular weight is 439 g/mol. The highest BCUT2D eigenvalue weighted by Crippen LogP contribution is 2.39. The molecule has 1 aliphatic heterocycles. The molecule has 0 amide bonds. The van der Waals surface area contributed by atoms with Gasteiger partial charge in [-0.1, -0.05) is 35.5 Å². The van der Waals surface area contributed by atoms with Crippen molar-refractivity contribution in [2.24, 2.45) is 0 Å². The van der Waals surface area contributed by atoms with Crippen LogP contribution in [0.5, 0.6) is 5.75 Å². The topological polar surface area (TPSA) is 86.7 Å². The van der Waals surface area contributed by atoms with Gasteiger partial charge < -0.3 is 23.3 Å². The minimum atomic E-state index is 0.0867. The van der Waals surface area contributed by atoms with Gasteiger partial charge in [0.25, 0.3) is 11.8 Å². The maximum Gasteiger partial charge on any atom is 0.255 e. The van der Waals surface area contributed by atoms with Crippen LogP contribution >= 0.6 is 11.6 Å². The Balaban J connectivity index is 1.50. The first-order chi connectivity index (χ1) is 15.2. The van der Waals surface area contributed by atoms with Crippen molar-refractivity contribution in [2.75, 3.05) is 38.3 Å². The van der Waals surface area contributed by atoms with Crippen LogP contribution in [0.2, 0.25) is 5.22 Å². The van der Waals surface area contributed by atoms with Gasteiger partial charge in [-0.2, -0.15) is 0 Å². The van der Waals surface area contributed by atoms with Gasteiger partial charge in [0.05, 0.1) is 25.9 Å². The van der Waals surface area contributed by atoms with E-state index in [1.807, 2.05) is 48.5 Å². The lowest BCUT2D eigenvalue weighted by molar-refractivity contribution is 0.122. The van der Waals surface area contributed by atoms with Gasteiger partial charge in [0.2, 0.25) is 5.22 Å². The van der Waals surface area contributed by atoms with E-state index >= 15 is 0 Å². The summed E-state index contributed by atoms with van der Waals surface area (Å²) in [5.74, 6) is 1.18. The molecule has 0 bridgehead atoms. The van der Waals surface area contributed by atoms with Crippen molar-refractivity contribution in [1.82, 2.24) is 15.4 Å². The molecule has 0 radical (unpaired) electrons. The Labute approximate surface area is 183 Å². The molecule has 31 heavy (non-hydrogen) atoms. The van der Waals surface area contributed by atoms with Crippen molar-refractivity contribution >= 4 is 17.3 Å². The molecule has 0 N–H and O–H groups in total. The molecule has 1 fully saturated rings. The quantitative estimate of drug-likeness (QED) is 0.448. The lowest BCUT2D eigenvalue weighted by Gasteiger charge is -2.29. The first kappa shape index (κ1) is 19.6. The van der Waals surface area contributed by atoms with Crippen molar-refractivity contribution < 1.29 is 18.4 Å². The highest BCUT2D eigenvalue weighted by Gasteiger charge is 2.25. The maximum absolute atomic E-state index is 6.25. The molecule has 9 heteroatoms. The summed E-state index contributed by atoms with van der Waals surface area (Å²) >= 11 is 6.25. The van der Waals surface area contributed by atoms with Gasteiger partial charge >= 0.3 is 0 Å². The molecular formula is C22H19ClN4O4. The third-order valence-electron chi connectivity index (χ3n) is 5.13. The summed E-state index contributed by atoms with van der Waals surface area (Å²) in [6, 6.07) is 15.4. The number of methoxy groups -OCH3 is 1. The maximum atomic E-state index is 6.25. The van der Waals surface area contributed by atoms with Crippen LogP contribution in [-0.2, 0) is 4.74 Å². The fourth-order valence-corrected chi connectivity index (χ4v) is 3.76. The van der Waals surface area contributed by atoms with Gasteiger partial charge in [0, 0.05) is 30.4 Å². The first-order valence-corrected chi connectivity index (χ1v) is 10.2. The van der Waals surface area contributed by atoms with Gasteiger partial charge in [-0.05, 0) is 23.7 Å². The van der Waals surface area contributed by atoms with Crippen molar-refractivity contribution in [2.45, 2.75) is 0 Å². The number of aromatic nitrogens is 3. The normalized spacial score (nSPS) is 14.1. The third-order valence-corrected chi connectivity index (χ3v) is 5.39. The summed E-state index contributed by atoms with van der Waals surface area (Å²) in [7, 11) is 1.61. The number of anilines is 1. The molecule has 8 nitrogen and oxygen atoms in total. The fraction of sp³-hybridized carbons (Fsp3) is 0.227. The molecule has 2 aromatic heterocycles. The third kappa shape index (κ3) is 3.75. The molecule has 3 heterocycles. The van der Waals surface area contributed by atoms with Crippen molar-refractivity contribution in [3.05, 3.63) is 53.8 Å². The van der Waals surface area contributed by atoms with E-state index in [-0.39, 0.29) is 11.1 Å². The Morgan fingerprint density at radius 3 is 2.55 bits per heavy atom. The van der Waals surface area contributed by atoms with E-state index in [0.717, 1.165) is 24.3 Å². The highest BCUT2D eigenvalue weighted by atomic mass is 35.5. The van der Waals surface area contributed by atoms with E-state index in [9.17, 15) is 0 Å². The summed E-state index contributed by atoms with van der Waals surface area (Å²) in [6.07, 6.45) is 0. The number of nitrogens with zero attached hydrogens (tertiary/aromatic N) is 4. The summed E-state index contributed by atoms with van der Waals surface area (Å²) in [6.45, 7) is 3.09. The van der Waals surface area contributed by atoms with Gasteiger partial charge in [-0.15, -0.1) is 10.2 Å². The molecule has 2 aromatic carbocycles. The predicted octanol–water partition coefficient (Wildman–Crippen LogP) is 4.56. The van der Waals surface area contributed by atoms with Crippen LogP contribution in [0.3, 0.4) is 0 Å². The van der Waals surface area contributed by atoms with Crippen LogP contribution in [0.15, 0.2) is 57.5 Å². The summed E-state index contributed by atoms with van der Waals surface area (Å²) in [4.78, 5) is 2.25. The lowest BCUT2D eigenvalue weighted by atomic mass is 10.1. The van der Waals surface area contributed by atoms with Crippen LogP contribution in [-0.4, -0.2) is 48.8 Å². The van der Waals surface area contributed by atoms with Gasteiger partial charge in [0.1, 0.15) is 17.0 Å². The molecule has 1 aliphatic rings. The van der Waals surface area contributed by atoms with E-state index in [1.54, 1.807) is 7.11 Å². The second kappa shape index (κ2) is 8.41. The molecule has 0 atom stereocenters. The Kier molecular flexibility index (Phi) is 5.31. The Hall–Kier alpha value is -3.36. The van der Waals surface area contributed by atoms with Crippen LogP contribution in [0.25, 0.3) is 34.2 Å². The van der Waals surface area contributed by atoms with Crippen LogP contribution < -0.4 is 9.64 Å². The molecular weight excluding hydrogens is 420 g/mol. The van der Waals surface area contributed by atoms with E-state index < -0.39 is 0 Å². The number of rotatable bonds is 5. The summed E-state index contributed by atoms with van der Waals surface area (Å²) < 4.78 is 22.2. The summed E-state index contributed by atoms with van der Waals surface area (Å²) in [5.41, 5.74) is 3.57. The molecule has 0 saturated carbocycles. The number of hydrogen-bond acceptors (Lipinski definition) is 8. The number of morpholine rings is 1. The highest BCUT2D eigenvalue weighted by molar-refractivity contribution is 6.32. The van der Waals surface area contributed by atoms with E-state index in [2.05, 4.69) is 20.3 Å². The molecule has 158 valence electrons. The molecule has 0 aliphatic carbocycles. The van der Waals surface area contributed by atoms with E-state index in [1.165, 1.54) is 0 Å². The minimum Gasteiger partial charge on any atom is -0.496 e. The minimum absolute atomic E-state index is 0.0867. The summed E-state index contributed by atoms with van der Waals surface area (Å²) in [5, 5.41) is 12.5. The number of benzene rings is 2. The Morgan fingerprint density at radius 2 is 1.77 bits per heavy atom. The standard InChI is InChI=1S/C22H19ClN4O4/c1-28-17-13-15(27-9-11-29-12-10-27)7-8-16(17)21-24-25-22(30-21)18-19(26-31-20(18)23)14-5-3-2-4-6-14/h2-8,13H,9-12H2,1H3. The Morgan fingerprint density at radius 1 is 1.00 bits per heavy atom.